The molecule has 0 saturated carbocycles. The van der Waals surface area contributed by atoms with Crippen molar-refractivity contribution < 1.29 is 9.53 Å². The second-order valence-electron chi connectivity index (χ2n) is 7.26. The third-order valence-electron chi connectivity index (χ3n) is 4.73. The minimum absolute atomic E-state index is 0.0152. The number of halogens is 1. The van der Waals surface area contributed by atoms with Crippen LogP contribution in [0.2, 0.25) is 5.02 Å². The Balaban J connectivity index is 1.70. The predicted octanol–water partition coefficient (Wildman–Crippen LogP) is 6.42. The number of carbonyl (C=O) groups excluding carboxylic acids is 1. The number of ether oxygens (including phenoxy) is 1. The van der Waals surface area contributed by atoms with Crippen LogP contribution in [0.4, 0.5) is 5.13 Å². The van der Waals surface area contributed by atoms with Crippen LogP contribution in [0.15, 0.2) is 54.2 Å². The molecule has 0 aliphatic rings. The first-order valence-electron chi connectivity index (χ1n) is 10.3. The molecule has 164 valence electrons. The van der Waals surface area contributed by atoms with E-state index in [0.29, 0.717) is 29.5 Å². The third-order valence-corrected chi connectivity index (χ3v) is 6.05. The average Bonchev–Trinajstić information content (AvgIpc) is 3.22. The average molecular weight is 466 g/mol. The fourth-order valence-electron chi connectivity index (χ4n) is 2.92. The summed E-state index contributed by atoms with van der Waals surface area (Å²) in [5.74, 6) is 0.143. The van der Waals surface area contributed by atoms with Crippen LogP contribution in [-0.4, -0.2) is 17.5 Å². The summed E-state index contributed by atoms with van der Waals surface area (Å²) in [5.41, 5.74) is 2.77. The molecule has 2 aromatic carbocycles. The quantitative estimate of drug-likeness (QED) is 0.225. The van der Waals surface area contributed by atoms with E-state index < -0.39 is 5.91 Å². The Labute approximate surface area is 197 Å². The molecular formula is C25H24ClN3O2S. The Bertz CT molecular complexity index is 1160. The van der Waals surface area contributed by atoms with Crippen molar-refractivity contribution in [2.45, 2.75) is 33.1 Å². The number of aromatic nitrogens is 1. The number of hydrogen-bond donors (Lipinski definition) is 1. The van der Waals surface area contributed by atoms with Gasteiger partial charge in [-0.2, -0.15) is 5.26 Å². The standard InChI is InChI=1S/C25H24ClN3O2S/c1-3-4-11-31-23-8-6-5-7-19(23)14-20(15-27)24(30)29-25-28-16-21(32-25)12-18-10-9-17(2)22(26)13-18/h5-10,13-14,16H,3-4,11-12H2,1-2H3,(H,28,29,30)/b20-14+. The molecule has 7 heteroatoms. The Kier molecular flexibility index (Phi) is 8.43. The molecule has 0 radical (unpaired) electrons. The first-order chi connectivity index (χ1) is 15.5. The van der Waals surface area contributed by atoms with Gasteiger partial charge in [0.15, 0.2) is 5.13 Å². The van der Waals surface area contributed by atoms with Gasteiger partial charge in [-0.15, -0.1) is 11.3 Å². The maximum Gasteiger partial charge on any atom is 0.268 e. The molecule has 0 aliphatic carbocycles. The van der Waals surface area contributed by atoms with E-state index in [4.69, 9.17) is 16.3 Å². The fraction of sp³-hybridized carbons (Fsp3) is 0.240. The topological polar surface area (TPSA) is 75.0 Å². The lowest BCUT2D eigenvalue weighted by molar-refractivity contribution is -0.112. The molecule has 0 aliphatic heterocycles. The van der Waals surface area contributed by atoms with Gasteiger partial charge < -0.3 is 4.74 Å². The van der Waals surface area contributed by atoms with Crippen LogP contribution in [0.1, 0.15) is 41.3 Å². The van der Waals surface area contributed by atoms with E-state index in [1.54, 1.807) is 12.3 Å². The molecule has 0 unspecified atom stereocenters. The van der Waals surface area contributed by atoms with Crippen LogP contribution in [0.5, 0.6) is 5.75 Å². The van der Waals surface area contributed by atoms with E-state index in [1.165, 1.54) is 11.3 Å². The number of para-hydroxylation sites is 1. The SMILES string of the molecule is CCCCOc1ccccc1/C=C(\C#N)C(=O)Nc1ncc(Cc2ccc(C)c(Cl)c2)s1. The van der Waals surface area contributed by atoms with Crippen molar-refractivity contribution >= 4 is 40.1 Å². The normalized spacial score (nSPS) is 11.1. The monoisotopic (exact) mass is 465 g/mol. The fourth-order valence-corrected chi connectivity index (χ4v) is 3.97. The van der Waals surface area contributed by atoms with Crippen molar-refractivity contribution in [3.8, 4) is 11.8 Å². The van der Waals surface area contributed by atoms with Gasteiger partial charge in [0, 0.05) is 28.1 Å². The van der Waals surface area contributed by atoms with Crippen molar-refractivity contribution in [3.63, 3.8) is 0 Å². The van der Waals surface area contributed by atoms with Crippen LogP contribution in [0.3, 0.4) is 0 Å². The summed E-state index contributed by atoms with van der Waals surface area (Å²) < 4.78 is 5.79. The highest BCUT2D eigenvalue weighted by Crippen LogP contribution is 2.25. The molecule has 5 nitrogen and oxygen atoms in total. The first-order valence-corrected chi connectivity index (χ1v) is 11.5. The number of nitriles is 1. The maximum atomic E-state index is 12.7. The molecule has 0 fully saturated rings. The number of thiazole rings is 1. The molecule has 0 saturated heterocycles. The van der Waals surface area contributed by atoms with E-state index in [1.807, 2.05) is 55.5 Å². The highest BCUT2D eigenvalue weighted by atomic mass is 35.5. The number of nitrogens with zero attached hydrogens (tertiary/aromatic N) is 2. The zero-order valence-corrected chi connectivity index (χ0v) is 19.6. The number of benzene rings is 2. The zero-order valence-electron chi connectivity index (χ0n) is 18.0. The lowest BCUT2D eigenvalue weighted by Gasteiger charge is -2.09. The summed E-state index contributed by atoms with van der Waals surface area (Å²) in [7, 11) is 0. The molecule has 3 rings (SSSR count). The maximum absolute atomic E-state index is 12.7. The molecule has 0 bridgehead atoms. The van der Waals surface area contributed by atoms with Crippen LogP contribution in [-0.2, 0) is 11.2 Å². The highest BCUT2D eigenvalue weighted by molar-refractivity contribution is 7.15. The second-order valence-corrected chi connectivity index (χ2v) is 8.78. The molecule has 0 spiro atoms. The Hall–Kier alpha value is -3.14. The number of aryl methyl sites for hydroxylation is 1. The molecule has 1 heterocycles. The summed E-state index contributed by atoms with van der Waals surface area (Å²) in [6, 6.07) is 15.3. The Morgan fingerprint density at radius 2 is 2.12 bits per heavy atom. The number of hydrogen-bond acceptors (Lipinski definition) is 5. The number of unbranched alkanes of at least 4 members (excludes halogenated alkanes) is 1. The minimum Gasteiger partial charge on any atom is -0.493 e. The molecule has 3 aromatic rings. The van der Waals surface area contributed by atoms with Gasteiger partial charge >= 0.3 is 0 Å². The van der Waals surface area contributed by atoms with E-state index in [0.717, 1.165) is 33.9 Å². The highest BCUT2D eigenvalue weighted by Gasteiger charge is 2.14. The molecule has 1 N–H and O–H groups in total. The van der Waals surface area contributed by atoms with Crippen LogP contribution >= 0.6 is 22.9 Å². The van der Waals surface area contributed by atoms with Crippen molar-refractivity contribution in [3.05, 3.63) is 80.8 Å². The summed E-state index contributed by atoms with van der Waals surface area (Å²) in [6.45, 7) is 4.64. The predicted molar refractivity (Wildman–Crippen MR) is 130 cm³/mol. The second kappa shape index (κ2) is 11.5. The lowest BCUT2D eigenvalue weighted by atomic mass is 10.1. The van der Waals surface area contributed by atoms with Crippen molar-refractivity contribution in [2.24, 2.45) is 0 Å². The van der Waals surface area contributed by atoms with E-state index >= 15 is 0 Å². The first kappa shape index (κ1) is 23.5. The van der Waals surface area contributed by atoms with Crippen LogP contribution in [0, 0.1) is 18.3 Å². The number of anilines is 1. The van der Waals surface area contributed by atoms with Gasteiger partial charge in [0.25, 0.3) is 5.91 Å². The Morgan fingerprint density at radius 1 is 1.31 bits per heavy atom. The van der Waals surface area contributed by atoms with E-state index in [-0.39, 0.29) is 5.57 Å². The lowest BCUT2D eigenvalue weighted by Crippen LogP contribution is -2.13. The van der Waals surface area contributed by atoms with Crippen LogP contribution < -0.4 is 10.1 Å². The summed E-state index contributed by atoms with van der Waals surface area (Å²) >= 11 is 7.57. The van der Waals surface area contributed by atoms with Gasteiger partial charge in [-0.25, -0.2) is 4.98 Å². The molecule has 1 aromatic heterocycles. The minimum atomic E-state index is -0.504. The zero-order chi connectivity index (χ0) is 22.9. The number of amides is 1. The number of nitrogens with one attached hydrogen (secondary N) is 1. The molecular weight excluding hydrogens is 442 g/mol. The Morgan fingerprint density at radius 3 is 2.88 bits per heavy atom. The summed E-state index contributed by atoms with van der Waals surface area (Å²) in [6.07, 6.45) is 5.89. The third kappa shape index (κ3) is 6.43. The van der Waals surface area contributed by atoms with Gasteiger partial charge in [0.2, 0.25) is 0 Å². The smallest absolute Gasteiger partial charge is 0.268 e. The van der Waals surface area contributed by atoms with Crippen molar-refractivity contribution in [1.29, 1.82) is 5.26 Å². The molecule has 0 atom stereocenters. The van der Waals surface area contributed by atoms with Crippen molar-refractivity contribution in [1.82, 2.24) is 4.98 Å². The van der Waals surface area contributed by atoms with Gasteiger partial charge in [-0.1, -0.05) is 55.3 Å². The number of carbonyl (C=O) groups is 1. The van der Waals surface area contributed by atoms with Gasteiger partial charge in [0.05, 0.1) is 6.61 Å². The molecule has 32 heavy (non-hydrogen) atoms. The molecule has 1 amide bonds. The van der Waals surface area contributed by atoms with E-state index in [9.17, 15) is 10.1 Å². The summed E-state index contributed by atoms with van der Waals surface area (Å²) in [5, 5.41) is 13.4. The van der Waals surface area contributed by atoms with Gasteiger partial charge in [-0.05, 0) is 42.7 Å². The van der Waals surface area contributed by atoms with Crippen LogP contribution in [0.25, 0.3) is 6.08 Å². The number of rotatable bonds is 9. The largest absolute Gasteiger partial charge is 0.493 e. The van der Waals surface area contributed by atoms with E-state index in [2.05, 4.69) is 17.2 Å². The summed E-state index contributed by atoms with van der Waals surface area (Å²) in [4.78, 5) is 17.9. The van der Waals surface area contributed by atoms with Gasteiger partial charge in [-0.3, -0.25) is 10.1 Å². The van der Waals surface area contributed by atoms with Crippen molar-refractivity contribution in [2.75, 3.05) is 11.9 Å². The van der Waals surface area contributed by atoms with Gasteiger partial charge in [0.1, 0.15) is 17.4 Å².